The number of hydrogen-bond donors (Lipinski definition) is 0. The van der Waals surface area contributed by atoms with Crippen molar-refractivity contribution < 1.29 is 23.3 Å². The molecule has 0 saturated carbocycles. The fraction of sp³-hybridized carbons (Fsp3) is 0.258. The minimum absolute atomic E-state index is 0. The SMILES string of the molecule is CC1=[C-]C(C)C(C)=C1C.C[Si](C)=[Zr+2].Cc1cc2c(-c3cccc4ccccc34)cccc2[cH-]1.Cl.Cl. The molecular weight excluding hydrogens is 563 g/mol. The van der Waals surface area contributed by atoms with Crippen LogP contribution >= 0.6 is 24.8 Å². The Morgan fingerprint density at radius 1 is 0.800 bits per heavy atom. The van der Waals surface area contributed by atoms with Gasteiger partial charge >= 0.3 is 41.9 Å². The minimum Gasteiger partial charge on any atom is -0.165 e. The predicted octanol–water partition coefficient (Wildman–Crippen LogP) is 10.0. The smallest absolute Gasteiger partial charge is 0.0114 e. The van der Waals surface area contributed by atoms with Crippen LogP contribution in [0.2, 0.25) is 13.1 Å². The van der Waals surface area contributed by atoms with Crippen LogP contribution in [0.15, 0.2) is 89.5 Å². The van der Waals surface area contributed by atoms with Crippen molar-refractivity contribution in [2.45, 2.75) is 47.7 Å². The molecule has 0 aliphatic heterocycles. The molecule has 0 N–H and O–H groups in total. The number of rotatable bonds is 1. The van der Waals surface area contributed by atoms with E-state index in [1.165, 1.54) is 55.0 Å². The summed E-state index contributed by atoms with van der Waals surface area (Å²) in [6.07, 6.45) is 3.36. The number of aryl methyl sites for hydroxylation is 1. The van der Waals surface area contributed by atoms with E-state index in [-0.39, 0.29) is 30.2 Å². The first kappa shape index (κ1) is 31.7. The molecule has 35 heavy (non-hydrogen) atoms. The summed E-state index contributed by atoms with van der Waals surface area (Å²) in [4.78, 5) is 0. The Kier molecular flexibility index (Phi) is 13.1. The third-order valence-corrected chi connectivity index (χ3v) is 6.21. The molecule has 0 amide bonds. The summed E-state index contributed by atoms with van der Waals surface area (Å²) in [5, 5.41) is 5.29. The number of hydrogen-bond acceptors (Lipinski definition) is 0. The van der Waals surface area contributed by atoms with Gasteiger partial charge in [-0.2, -0.15) is 17.2 Å². The molecule has 0 aromatic heterocycles. The summed E-state index contributed by atoms with van der Waals surface area (Å²) in [7, 11) is 0. The Balaban J connectivity index is 0.000000346. The van der Waals surface area contributed by atoms with Gasteiger partial charge in [0.15, 0.2) is 0 Å². The van der Waals surface area contributed by atoms with E-state index in [0.717, 1.165) is 0 Å². The van der Waals surface area contributed by atoms with E-state index < -0.39 is 0 Å². The number of allylic oxidation sites excluding steroid dienone is 4. The van der Waals surface area contributed by atoms with Crippen LogP contribution in [0.5, 0.6) is 0 Å². The van der Waals surface area contributed by atoms with Gasteiger partial charge in [-0.3, -0.25) is 6.08 Å². The molecule has 0 spiro atoms. The second-order valence-corrected chi connectivity index (χ2v) is 18.5. The predicted molar refractivity (Wildman–Crippen MR) is 159 cm³/mol. The summed E-state index contributed by atoms with van der Waals surface area (Å²) in [5.74, 6) is 0.560. The van der Waals surface area contributed by atoms with E-state index in [1.54, 1.807) is 23.3 Å². The van der Waals surface area contributed by atoms with Crippen molar-refractivity contribution in [3.8, 4) is 11.1 Å². The van der Waals surface area contributed by atoms with Crippen LogP contribution in [-0.4, -0.2) is 5.43 Å². The van der Waals surface area contributed by atoms with Crippen LogP contribution in [0.25, 0.3) is 32.7 Å². The van der Waals surface area contributed by atoms with E-state index in [4.69, 9.17) is 0 Å². The first-order chi connectivity index (χ1) is 15.7. The molecule has 1 atom stereocenters. The van der Waals surface area contributed by atoms with Crippen LogP contribution in [-0.2, 0) is 23.3 Å². The zero-order valence-corrected chi connectivity index (χ0v) is 26.9. The molecule has 5 rings (SSSR count). The fourth-order valence-electron chi connectivity index (χ4n) is 4.24. The van der Waals surface area contributed by atoms with Gasteiger partial charge in [0.1, 0.15) is 0 Å². The van der Waals surface area contributed by atoms with Crippen molar-refractivity contribution in [3.05, 3.63) is 101 Å². The second-order valence-electron chi connectivity index (χ2n) is 9.17. The molecule has 182 valence electrons. The third-order valence-electron chi connectivity index (χ3n) is 6.21. The Morgan fingerprint density at radius 2 is 1.34 bits per heavy atom. The molecular formula is C31H36Cl2SiZr. The summed E-state index contributed by atoms with van der Waals surface area (Å²) in [6, 6.07) is 26.2. The number of fused-ring (bicyclic) bond motifs is 2. The Morgan fingerprint density at radius 3 is 1.89 bits per heavy atom. The summed E-state index contributed by atoms with van der Waals surface area (Å²) < 4.78 is 0. The average molecular weight is 599 g/mol. The quantitative estimate of drug-likeness (QED) is 0.151. The Hall–Kier alpha value is -1.31. The van der Waals surface area contributed by atoms with Crippen LogP contribution < -0.4 is 0 Å². The molecule has 4 heteroatoms. The van der Waals surface area contributed by atoms with Crippen LogP contribution in [0.3, 0.4) is 0 Å². The van der Waals surface area contributed by atoms with Gasteiger partial charge in [0.05, 0.1) is 0 Å². The molecule has 0 bridgehead atoms. The number of halogens is 2. The largest absolute Gasteiger partial charge is 0.165 e. The maximum atomic E-state index is 3.36. The van der Waals surface area contributed by atoms with Gasteiger partial charge in [-0.25, -0.2) is 5.57 Å². The van der Waals surface area contributed by atoms with E-state index in [0.29, 0.717) is 5.92 Å². The van der Waals surface area contributed by atoms with Gasteiger partial charge in [-0.05, 0) is 16.3 Å². The molecule has 0 radical (unpaired) electrons. The number of benzene rings is 3. The standard InChI is InChI=1S/C20H15.C9H13.C2H6Si.2ClH.Zr/c1-14-12-16-8-5-11-19(20(16)13-14)18-10-4-7-15-6-2-3-9-17(15)18;1-6-5-7(2)9(4)8(6)3;1-3-2;;;/h2-13H,1H3;6H,1-4H3;1-2H3;2*1H;/q2*-1;;;;+2. The van der Waals surface area contributed by atoms with Gasteiger partial charge < -0.3 is 0 Å². The Labute approximate surface area is 239 Å². The monoisotopic (exact) mass is 596 g/mol. The zero-order chi connectivity index (χ0) is 24.1. The maximum Gasteiger partial charge on any atom is -0.0114 e. The van der Waals surface area contributed by atoms with Crippen molar-refractivity contribution in [1.29, 1.82) is 0 Å². The molecule has 1 aliphatic carbocycles. The van der Waals surface area contributed by atoms with Crippen molar-refractivity contribution in [2.75, 3.05) is 0 Å². The molecule has 0 fully saturated rings. The van der Waals surface area contributed by atoms with Gasteiger partial charge in [-0.1, -0.05) is 87.7 Å². The average Bonchev–Trinajstić information content (AvgIpc) is 3.27. The minimum atomic E-state index is 0. The first-order valence-corrected chi connectivity index (χ1v) is 17.8. The fourth-order valence-corrected chi connectivity index (χ4v) is 4.24. The zero-order valence-electron chi connectivity index (χ0n) is 21.8. The molecule has 4 aromatic carbocycles. The molecule has 1 unspecified atom stereocenters. The van der Waals surface area contributed by atoms with Crippen LogP contribution in [0, 0.1) is 18.9 Å². The summed E-state index contributed by atoms with van der Waals surface area (Å²) in [6.45, 7) is 15.4. The van der Waals surface area contributed by atoms with Crippen LogP contribution in [0.1, 0.15) is 33.3 Å². The van der Waals surface area contributed by atoms with E-state index in [9.17, 15) is 0 Å². The van der Waals surface area contributed by atoms with Crippen molar-refractivity contribution in [2.24, 2.45) is 5.92 Å². The third kappa shape index (κ3) is 8.09. The molecule has 0 nitrogen and oxygen atoms in total. The molecule has 4 aromatic rings. The van der Waals surface area contributed by atoms with Crippen molar-refractivity contribution in [3.63, 3.8) is 0 Å². The van der Waals surface area contributed by atoms with E-state index in [1.807, 2.05) is 0 Å². The Bertz CT molecular complexity index is 1350. The van der Waals surface area contributed by atoms with E-state index in [2.05, 4.69) is 127 Å². The summed E-state index contributed by atoms with van der Waals surface area (Å²) >= 11 is 1.74. The van der Waals surface area contributed by atoms with Gasteiger partial charge in [0.2, 0.25) is 0 Å². The van der Waals surface area contributed by atoms with Crippen LogP contribution in [0.4, 0.5) is 0 Å². The second kappa shape index (κ2) is 14.4. The van der Waals surface area contributed by atoms with Gasteiger partial charge in [0.25, 0.3) is 0 Å². The molecule has 0 saturated heterocycles. The normalized spacial score (nSPS) is 14.2. The van der Waals surface area contributed by atoms with Gasteiger partial charge in [-0.15, -0.1) is 66.3 Å². The topological polar surface area (TPSA) is 0 Å². The van der Waals surface area contributed by atoms with Gasteiger partial charge in [0, 0.05) is 0 Å². The maximum absolute atomic E-state index is 3.36. The molecule has 0 heterocycles. The first-order valence-electron chi connectivity index (χ1n) is 11.6. The van der Waals surface area contributed by atoms with E-state index >= 15 is 0 Å². The van der Waals surface area contributed by atoms with Crippen molar-refractivity contribution >= 4 is 51.8 Å². The summed E-state index contributed by atoms with van der Waals surface area (Å²) in [5.41, 5.74) is 8.43. The van der Waals surface area contributed by atoms with Crippen molar-refractivity contribution in [1.82, 2.24) is 0 Å². The molecule has 1 aliphatic rings.